The minimum absolute atomic E-state index is 0.314. The first kappa shape index (κ1) is 10.6. The Morgan fingerprint density at radius 3 is 3.05 bits per heavy atom. The lowest BCUT2D eigenvalue weighted by atomic mass is 10.1. The summed E-state index contributed by atoms with van der Waals surface area (Å²) < 4.78 is 18.7. The van der Waals surface area contributed by atoms with E-state index in [9.17, 15) is 4.39 Å². The van der Waals surface area contributed by atoms with E-state index in [0.717, 1.165) is 24.2 Å². The number of benzene rings is 2. The molecule has 3 aromatic rings. The van der Waals surface area contributed by atoms with E-state index < -0.39 is 0 Å². The number of anilines is 1. The van der Waals surface area contributed by atoms with Gasteiger partial charge in [-0.15, -0.1) is 0 Å². The van der Waals surface area contributed by atoms with Gasteiger partial charge in [0, 0.05) is 23.9 Å². The van der Waals surface area contributed by atoms with Gasteiger partial charge in [0.05, 0.1) is 0 Å². The number of nitrogens with zero attached hydrogens (tertiary/aromatic N) is 1. The second-order valence-electron chi connectivity index (χ2n) is 4.68. The molecule has 0 aliphatic carbocycles. The smallest absolute Gasteiger partial charge is 0.227 e. The van der Waals surface area contributed by atoms with E-state index in [1.54, 1.807) is 6.07 Å². The number of hydrogen-bond acceptors (Lipinski definition) is 3. The van der Waals surface area contributed by atoms with E-state index >= 15 is 0 Å². The minimum atomic E-state index is -0.314. The summed E-state index contributed by atoms with van der Waals surface area (Å²) in [6, 6.07) is 10.5. The van der Waals surface area contributed by atoms with E-state index in [-0.39, 0.29) is 5.82 Å². The van der Waals surface area contributed by atoms with Gasteiger partial charge in [-0.3, -0.25) is 0 Å². The fourth-order valence-electron chi connectivity index (χ4n) is 2.45. The molecular formula is C15H11FN2O. The Morgan fingerprint density at radius 2 is 2.11 bits per heavy atom. The third kappa shape index (κ3) is 1.68. The van der Waals surface area contributed by atoms with Gasteiger partial charge in [-0.2, -0.15) is 0 Å². The summed E-state index contributed by atoms with van der Waals surface area (Å²) in [5, 5.41) is 3.32. The summed E-state index contributed by atoms with van der Waals surface area (Å²) in [4.78, 5) is 4.39. The fraction of sp³-hybridized carbons (Fsp3) is 0.133. The average Bonchev–Trinajstić information content (AvgIpc) is 3.02. The van der Waals surface area contributed by atoms with Crippen molar-refractivity contribution in [1.29, 1.82) is 0 Å². The van der Waals surface area contributed by atoms with Gasteiger partial charge in [0.1, 0.15) is 11.3 Å². The number of aromatic nitrogens is 1. The summed E-state index contributed by atoms with van der Waals surface area (Å²) in [5.41, 5.74) is 4.50. The molecule has 0 amide bonds. The summed E-state index contributed by atoms with van der Waals surface area (Å²) >= 11 is 0. The molecule has 0 radical (unpaired) electrons. The molecule has 0 atom stereocenters. The zero-order valence-electron chi connectivity index (χ0n) is 10.1. The normalized spacial score (nSPS) is 13.5. The lowest BCUT2D eigenvalue weighted by molar-refractivity contribution is 0.602. The molecule has 1 N–H and O–H groups in total. The number of oxazole rings is 1. The molecule has 94 valence electrons. The van der Waals surface area contributed by atoms with Crippen molar-refractivity contribution in [2.45, 2.75) is 6.42 Å². The lowest BCUT2D eigenvalue weighted by Gasteiger charge is -2.01. The third-order valence-corrected chi connectivity index (χ3v) is 3.42. The molecule has 1 aliphatic heterocycles. The highest BCUT2D eigenvalue weighted by Gasteiger charge is 2.14. The molecular weight excluding hydrogens is 243 g/mol. The molecule has 4 rings (SSSR count). The van der Waals surface area contributed by atoms with Crippen molar-refractivity contribution in [3.8, 4) is 11.5 Å². The lowest BCUT2D eigenvalue weighted by Crippen LogP contribution is -1.91. The minimum Gasteiger partial charge on any atom is -0.436 e. The second-order valence-corrected chi connectivity index (χ2v) is 4.68. The number of nitrogens with one attached hydrogen (secondary N) is 1. The van der Waals surface area contributed by atoms with Crippen LogP contribution in [0.2, 0.25) is 0 Å². The van der Waals surface area contributed by atoms with Crippen LogP contribution in [0.4, 0.5) is 10.1 Å². The summed E-state index contributed by atoms with van der Waals surface area (Å²) in [5.74, 6) is 0.211. The molecule has 2 heterocycles. The van der Waals surface area contributed by atoms with E-state index in [4.69, 9.17) is 4.42 Å². The van der Waals surface area contributed by atoms with Gasteiger partial charge in [-0.1, -0.05) is 6.07 Å². The molecule has 1 aliphatic rings. The molecule has 0 bridgehead atoms. The molecule has 2 aromatic carbocycles. The topological polar surface area (TPSA) is 38.1 Å². The monoisotopic (exact) mass is 254 g/mol. The van der Waals surface area contributed by atoms with Crippen LogP contribution in [0.1, 0.15) is 5.56 Å². The van der Waals surface area contributed by atoms with Gasteiger partial charge in [-0.25, -0.2) is 9.37 Å². The van der Waals surface area contributed by atoms with Crippen molar-refractivity contribution in [1.82, 2.24) is 4.98 Å². The number of fused-ring (bicyclic) bond motifs is 2. The predicted molar refractivity (Wildman–Crippen MR) is 71.6 cm³/mol. The first-order valence-corrected chi connectivity index (χ1v) is 6.23. The number of rotatable bonds is 1. The fourth-order valence-corrected chi connectivity index (χ4v) is 2.45. The van der Waals surface area contributed by atoms with E-state index in [2.05, 4.69) is 16.4 Å². The molecule has 4 heteroatoms. The van der Waals surface area contributed by atoms with Gasteiger partial charge >= 0.3 is 0 Å². The Hall–Kier alpha value is -2.36. The Labute approximate surface area is 109 Å². The molecule has 1 aromatic heterocycles. The number of halogens is 1. The van der Waals surface area contributed by atoms with Crippen molar-refractivity contribution in [2.75, 3.05) is 11.9 Å². The quantitative estimate of drug-likeness (QED) is 0.721. The van der Waals surface area contributed by atoms with Crippen LogP contribution < -0.4 is 5.32 Å². The van der Waals surface area contributed by atoms with Crippen LogP contribution in [-0.2, 0) is 6.42 Å². The third-order valence-electron chi connectivity index (χ3n) is 3.42. The van der Waals surface area contributed by atoms with Crippen molar-refractivity contribution < 1.29 is 8.81 Å². The van der Waals surface area contributed by atoms with Gasteiger partial charge < -0.3 is 9.73 Å². The first-order valence-electron chi connectivity index (χ1n) is 6.23. The second kappa shape index (κ2) is 3.82. The Kier molecular flexibility index (Phi) is 2.12. The molecule has 19 heavy (non-hydrogen) atoms. The number of hydrogen-bond donors (Lipinski definition) is 1. The zero-order chi connectivity index (χ0) is 12.8. The van der Waals surface area contributed by atoms with E-state index in [1.165, 1.54) is 17.7 Å². The highest BCUT2D eigenvalue weighted by Crippen LogP contribution is 2.30. The van der Waals surface area contributed by atoms with Gasteiger partial charge in [0.15, 0.2) is 5.58 Å². The van der Waals surface area contributed by atoms with Crippen LogP contribution in [0.5, 0.6) is 0 Å². The maximum Gasteiger partial charge on any atom is 0.227 e. The van der Waals surface area contributed by atoms with Crippen LogP contribution in [0, 0.1) is 5.82 Å². The predicted octanol–water partition coefficient (Wildman–Crippen LogP) is 3.60. The maximum absolute atomic E-state index is 13.1. The Balaban J connectivity index is 1.85. The first-order chi connectivity index (χ1) is 9.29. The van der Waals surface area contributed by atoms with E-state index in [0.29, 0.717) is 17.0 Å². The molecule has 3 nitrogen and oxygen atoms in total. The largest absolute Gasteiger partial charge is 0.436 e. The van der Waals surface area contributed by atoms with Gasteiger partial charge in [-0.05, 0) is 36.2 Å². The van der Waals surface area contributed by atoms with Crippen LogP contribution in [0.25, 0.3) is 22.6 Å². The van der Waals surface area contributed by atoms with Gasteiger partial charge in [0.2, 0.25) is 5.89 Å². The van der Waals surface area contributed by atoms with Crippen LogP contribution >= 0.6 is 0 Å². The maximum atomic E-state index is 13.1. The molecule has 0 saturated heterocycles. The van der Waals surface area contributed by atoms with Crippen LogP contribution in [-0.4, -0.2) is 11.5 Å². The Bertz CT molecular complexity index is 779. The summed E-state index contributed by atoms with van der Waals surface area (Å²) in [6.45, 7) is 0.970. The van der Waals surface area contributed by atoms with E-state index in [1.807, 2.05) is 12.1 Å². The average molecular weight is 254 g/mol. The molecule has 0 spiro atoms. The van der Waals surface area contributed by atoms with Crippen molar-refractivity contribution >= 4 is 16.8 Å². The van der Waals surface area contributed by atoms with Crippen molar-refractivity contribution in [3.63, 3.8) is 0 Å². The highest BCUT2D eigenvalue weighted by atomic mass is 19.1. The highest BCUT2D eigenvalue weighted by molar-refractivity contribution is 5.77. The Morgan fingerprint density at radius 1 is 1.16 bits per heavy atom. The zero-order valence-corrected chi connectivity index (χ0v) is 10.1. The standard InChI is InChI=1S/C15H11FN2O/c16-11-3-4-12-14(8-11)19-15(18-12)10-2-1-9-5-6-17-13(9)7-10/h1-4,7-8,17H,5-6H2. The van der Waals surface area contributed by atoms with Crippen LogP contribution in [0.3, 0.4) is 0 Å². The summed E-state index contributed by atoms with van der Waals surface area (Å²) in [6.07, 6.45) is 1.05. The molecule has 0 unspecified atom stereocenters. The van der Waals surface area contributed by atoms with Crippen molar-refractivity contribution in [3.05, 3.63) is 47.8 Å². The summed E-state index contributed by atoms with van der Waals surface area (Å²) in [7, 11) is 0. The molecule has 0 saturated carbocycles. The van der Waals surface area contributed by atoms with Crippen LogP contribution in [0.15, 0.2) is 40.8 Å². The van der Waals surface area contributed by atoms with Crippen molar-refractivity contribution in [2.24, 2.45) is 0 Å². The SMILES string of the molecule is Fc1ccc2nc(-c3ccc4c(c3)NCC4)oc2c1. The molecule has 0 fully saturated rings. The van der Waals surface area contributed by atoms with Gasteiger partial charge in [0.25, 0.3) is 0 Å².